The van der Waals surface area contributed by atoms with Crippen molar-refractivity contribution in [2.75, 3.05) is 24.4 Å². The molecule has 2 aromatic carbocycles. The van der Waals surface area contributed by atoms with Crippen LogP contribution in [-0.2, 0) is 16.4 Å². The van der Waals surface area contributed by atoms with Gasteiger partial charge in [0.2, 0.25) is 11.8 Å². The Morgan fingerprint density at radius 3 is 2.55 bits per heavy atom. The molecule has 5 rings (SSSR count). The van der Waals surface area contributed by atoms with E-state index >= 15 is 0 Å². The van der Waals surface area contributed by atoms with E-state index in [1.54, 1.807) is 12.1 Å². The van der Waals surface area contributed by atoms with E-state index < -0.39 is 10.0 Å². The summed E-state index contributed by atoms with van der Waals surface area (Å²) in [5, 5.41) is 0. The van der Waals surface area contributed by atoms with E-state index in [1.807, 2.05) is 50.2 Å². The van der Waals surface area contributed by atoms with Crippen LogP contribution in [0.5, 0.6) is 5.88 Å². The topological polar surface area (TPSA) is 84.4 Å². The number of hydrogen-bond acceptors (Lipinski definition) is 6. The number of nitrogens with one attached hydrogen (secondary N) is 1. The Morgan fingerprint density at radius 2 is 1.80 bits per heavy atom. The van der Waals surface area contributed by atoms with Crippen molar-refractivity contribution in [1.29, 1.82) is 0 Å². The van der Waals surface area contributed by atoms with Crippen molar-refractivity contribution < 1.29 is 13.2 Å². The van der Waals surface area contributed by atoms with Gasteiger partial charge in [0.1, 0.15) is 6.10 Å². The molecule has 2 aliphatic rings. The summed E-state index contributed by atoms with van der Waals surface area (Å²) in [4.78, 5) is 12.0. The molecule has 6 bridgehead atoms. The van der Waals surface area contributed by atoms with Gasteiger partial charge in [-0.2, -0.15) is 4.98 Å². The van der Waals surface area contributed by atoms with Gasteiger partial charge in [0.05, 0.1) is 10.6 Å². The highest BCUT2D eigenvalue weighted by atomic mass is 32.2. The zero-order valence-electron chi connectivity index (χ0n) is 24.4. The first kappa shape index (κ1) is 28.6. The molecule has 0 spiro atoms. The van der Waals surface area contributed by atoms with E-state index in [-0.39, 0.29) is 22.4 Å². The quantitative estimate of drug-likeness (QED) is 0.398. The van der Waals surface area contributed by atoms with Gasteiger partial charge in [-0.25, -0.2) is 18.1 Å². The second-order valence-corrected chi connectivity index (χ2v) is 14.4. The Morgan fingerprint density at radius 1 is 1.05 bits per heavy atom. The lowest BCUT2D eigenvalue weighted by Gasteiger charge is -2.34. The van der Waals surface area contributed by atoms with Crippen molar-refractivity contribution >= 4 is 16.0 Å². The number of ether oxygens (including phenoxy) is 1. The third-order valence-corrected chi connectivity index (χ3v) is 9.33. The number of rotatable bonds is 3. The minimum Gasteiger partial charge on any atom is -0.473 e. The molecular weight excluding hydrogens is 520 g/mol. The first-order valence-corrected chi connectivity index (χ1v) is 15.9. The van der Waals surface area contributed by atoms with Crippen LogP contribution in [0.25, 0.3) is 11.3 Å². The smallest absolute Gasteiger partial charge is 0.264 e. The summed E-state index contributed by atoms with van der Waals surface area (Å²) in [5.74, 6) is 0.809. The lowest BCUT2D eigenvalue weighted by molar-refractivity contribution is 0.0822. The maximum Gasteiger partial charge on any atom is 0.264 e. The van der Waals surface area contributed by atoms with E-state index in [4.69, 9.17) is 4.74 Å². The predicted octanol–water partition coefficient (Wildman–Crippen LogP) is 6.40. The number of benzene rings is 2. The fourth-order valence-corrected chi connectivity index (χ4v) is 6.93. The molecule has 3 aromatic rings. The van der Waals surface area contributed by atoms with Crippen molar-refractivity contribution in [3.05, 3.63) is 65.2 Å². The zero-order valence-corrected chi connectivity index (χ0v) is 25.2. The van der Waals surface area contributed by atoms with Crippen LogP contribution in [0.2, 0.25) is 0 Å². The molecule has 2 unspecified atom stereocenters. The third kappa shape index (κ3) is 7.02. The molecule has 7 nitrogen and oxygen atoms in total. The van der Waals surface area contributed by atoms with Crippen molar-refractivity contribution in [3.63, 3.8) is 0 Å². The molecule has 8 heteroatoms. The number of aryl methyl sites for hydroxylation is 2. The van der Waals surface area contributed by atoms with Gasteiger partial charge in [-0.1, -0.05) is 51.1 Å². The SMILES string of the molecule is Cc1cccc(C)c1-c1cc2nc(n1)NS(=O)(=O)c1cccc(c1)CC1CCCN(CCC(C)(C)C)CC(C1)O2. The van der Waals surface area contributed by atoms with Crippen LogP contribution < -0.4 is 9.46 Å². The summed E-state index contributed by atoms with van der Waals surface area (Å²) in [6.07, 6.45) is 4.95. The highest BCUT2D eigenvalue weighted by molar-refractivity contribution is 7.92. The number of aromatic nitrogens is 2. The maximum atomic E-state index is 13.5. The lowest BCUT2D eigenvalue weighted by atomic mass is 9.87. The van der Waals surface area contributed by atoms with Crippen LogP contribution in [-0.4, -0.2) is 49.0 Å². The molecule has 214 valence electrons. The first-order valence-electron chi connectivity index (χ1n) is 14.4. The van der Waals surface area contributed by atoms with Crippen LogP contribution in [0.15, 0.2) is 53.4 Å². The van der Waals surface area contributed by atoms with Gasteiger partial charge < -0.3 is 4.74 Å². The van der Waals surface area contributed by atoms with Gasteiger partial charge >= 0.3 is 0 Å². The second-order valence-electron chi connectivity index (χ2n) is 12.7. The molecule has 40 heavy (non-hydrogen) atoms. The van der Waals surface area contributed by atoms with E-state index in [1.165, 1.54) is 0 Å². The minimum atomic E-state index is -3.88. The summed E-state index contributed by atoms with van der Waals surface area (Å²) in [6.45, 7) is 13.8. The molecular formula is C32H42N4O3S. The van der Waals surface area contributed by atoms with Gasteiger partial charge in [0.15, 0.2) is 0 Å². The number of fused-ring (bicyclic) bond motifs is 6. The van der Waals surface area contributed by atoms with Crippen molar-refractivity contribution in [3.8, 4) is 17.1 Å². The molecule has 1 saturated heterocycles. The standard InChI is InChI=1S/C32H42N4O3S/c1-22-9-6-10-23(2)30(22)28-20-29-34-31(33-28)35-40(37,38)27-13-7-11-25(19-27)17-24-12-8-15-36(16-14-32(3,4)5)21-26(18-24)39-29/h6-7,9-11,13,19-20,24,26H,8,12,14-18,21H2,1-5H3,(H,33,34,35). The lowest BCUT2D eigenvalue weighted by Crippen LogP contribution is -2.41. The molecule has 1 aromatic heterocycles. The molecule has 2 atom stereocenters. The number of sulfonamides is 1. The molecule has 0 saturated carbocycles. The zero-order chi connectivity index (χ0) is 28.5. The molecule has 0 radical (unpaired) electrons. The number of anilines is 1. The fourth-order valence-electron chi connectivity index (χ4n) is 5.91. The number of nitrogens with zero attached hydrogens (tertiary/aromatic N) is 3. The Kier molecular flexibility index (Phi) is 8.20. The van der Waals surface area contributed by atoms with Gasteiger partial charge in [0.25, 0.3) is 10.0 Å². The largest absolute Gasteiger partial charge is 0.473 e. The van der Waals surface area contributed by atoms with Crippen molar-refractivity contribution in [1.82, 2.24) is 14.9 Å². The van der Waals surface area contributed by atoms with Crippen molar-refractivity contribution in [2.24, 2.45) is 11.3 Å². The highest BCUT2D eigenvalue weighted by Gasteiger charge is 2.28. The van der Waals surface area contributed by atoms with Crippen molar-refractivity contribution in [2.45, 2.75) is 77.7 Å². The molecule has 0 amide bonds. The Balaban J connectivity index is 1.58. The van der Waals surface area contributed by atoms with Crippen LogP contribution in [0, 0.1) is 25.2 Å². The van der Waals surface area contributed by atoms with Crippen LogP contribution >= 0.6 is 0 Å². The summed E-state index contributed by atoms with van der Waals surface area (Å²) < 4.78 is 36.2. The average Bonchev–Trinajstić information content (AvgIpc) is 2.85. The average molecular weight is 563 g/mol. The number of hydrogen-bond donors (Lipinski definition) is 1. The number of likely N-dealkylation sites (tertiary alicyclic amines) is 1. The summed E-state index contributed by atoms with van der Waals surface area (Å²) in [5.41, 5.74) is 5.02. The Bertz CT molecular complexity index is 1440. The molecule has 1 fully saturated rings. The van der Waals surface area contributed by atoms with Crippen LogP contribution in [0.1, 0.15) is 63.1 Å². The van der Waals surface area contributed by atoms with Gasteiger partial charge in [0, 0.05) is 18.2 Å². The van der Waals surface area contributed by atoms with Gasteiger partial charge in [-0.05, 0) is 99.2 Å². The monoisotopic (exact) mass is 562 g/mol. The minimum absolute atomic E-state index is 0.0202. The normalized spacial score (nSPS) is 21.4. The summed E-state index contributed by atoms with van der Waals surface area (Å²) in [7, 11) is -3.88. The summed E-state index contributed by atoms with van der Waals surface area (Å²) in [6, 6.07) is 15.2. The second kappa shape index (κ2) is 11.5. The van der Waals surface area contributed by atoms with Gasteiger partial charge in [-0.15, -0.1) is 0 Å². The van der Waals surface area contributed by atoms with Crippen LogP contribution in [0.4, 0.5) is 5.95 Å². The molecule has 1 N–H and O–H groups in total. The van der Waals surface area contributed by atoms with Gasteiger partial charge in [-0.3, -0.25) is 4.90 Å². The maximum absolute atomic E-state index is 13.5. The third-order valence-electron chi connectivity index (χ3n) is 8.01. The van der Waals surface area contributed by atoms with E-state index in [0.29, 0.717) is 17.5 Å². The Labute approximate surface area is 239 Å². The summed E-state index contributed by atoms with van der Waals surface area (Å²) >= 11 is 0. The van der Waals surface area contributed by atoms with E-state index in [9.17, 15) is 8.42 Å². The first-order chi connectivity index (χ1) is 18.9. The van der Waals surface area contributed by atoms with Crippen LogP contribution in [0.3, 0.4) is 0 Å². The molecule has 3 heterocycles. The van der Waals surface area contributed by atoms with E-state index in [2.05, 4.69) is 40.4 Å². The molecule has 0 aliphatic carbocycles. The molecule has 2 aliphatic heterocycles. The Hall–Kier alpha value is -2.97. The fraction of sp³-hybridized carbons (Fsp3) is 0.500. The highest BCUT2D eigenvalue weighted by Crippen LogP contribution is 2.32. The van der Waals surface area contributed by atoms with E-state index in [0.717, 1.165) is 74.0 Å². The predicted molar refractivity (Wildman–Crippen MR) is 160 cm³/mol.